The van der Waals surface area contributed by atoms with Gasteiger partial charge in [0.2, 0.25) is 5.89 Å². The fourth-order valence-corrected chi connectivity index (χ4v) is 4.67. The maximum Gasteiger partial charge on any atom is 0.243 e. The smallest absolute Gasteiger partial charge is 0.243 e. The maximum atomic E-state index is 5.72. The van der Waals surface area contributed by atoms with Crippen LogP contribution in [0.15, 0.2) is 4.52 Å². The lowest BCUT2D eigenvalue weighted by atomic mass is 10.2. The summed E-state index contributed by atoms with van der Waals surface area (Å²) >= 11 is 3.94. The first kappa shape index (κ1) is 12.3. The van der Waals surface area contributed by atoms with Gasteiger partial charge in [-0.15, -0.1) is 11.8 Å². The van der Waals surface area contributed by atoms with Gasteiger partial charge in [0.25, 0.3) is 0 Å². The van der Waals surface area contributed by atoms with Gasteiger partial charge in [-0.25, -0.2) is 0 Å². The van der Waals surface area contributed by atoms with Crippen molar-refractivity contribution in [2.24, 2.45) is 5.73 Å². The molecule has 0 bridgehead atoms. The van der Waals surface area contributed by atoms with E-state index in [1.54, 1.807) is 0 Å². The molecular weight excluding hydrogens is 242 g/mol. The van der Waals surface area contributed by atoms with Crippen molar-refractivity contribution in [2.45, 2.75) is 36.8 Å². The van der Waals surface area contributed by atoms with Crippen molar-refractivity contribution >= 4 is 23.5 Å². The van der Waals surface area contributed by atoms with Crippen LogP contribution in [-0.2, 0) is 0 Å². The van der Waals surface area contributed by atoms with E-state index in [1.165, 1.54) is 5.75 Å². The third-order valence-electron chi connectivity index (χ3n) is 2.55. The van der Waals surface area contributed by atoms with Crippen LogP contribution in [0.5, 0.6) is 0 Å². The van der Waals surface area contributed by atoms with E-state index >= 15 is 0 Å². The number of hydrogen-bond acceptors (Lipinski definition) is 6. The van der Waals surface area contributed by atoms with Crippen molar-refractivity contribution in [3.63, 3.8) is 0 Å². The first-order valence-corrected chi connectivity index (χ1v) is 7.64. The molecule has 1 fully saturated rings. The van der Waals surface area contributed by atoms with Gasteiger partial charge in [-0.05, 0) is 13.3 Å². The zero-order valence-corrected chi connectivity index (χ0v) is 11.2. The summed E-state index contributed by atoms with van der Waals surface area (Å²) in [5.74, 6) is 3.74. The van der Waals surface area contributed by atoms with Gasteiger partial charge in [0.15, 0.2) is 5.82 Å². The number of hydrogen-bond donors (Lipinski definition) is 1. The van der Waals surface area contributed by atoms with Crippen molar-refractivity contribution < 1.29 is 4.52 Å². The number of thioether (sulfide) groups is 2. The molecule has 0 aromatic carbocycles. The summed E-state index contributed by atoms with van der Waals surface area (Å²) in [7, 11) is 0. The molecule has 2 rings (SSSR count). The molecule has 3 atom stereocenters. The molecule has 90 valence electrons. The van der Waals surface area contributed by atoms with E-state index in [0.29, 0.717) is 16.4 Å². The Hall–Kier alpha value is -0.200. The first-order valence-electron chi connectivity index (χ1n) is 5.54. The molecular formula is C10H17N3OS2. The maximum absolute atomic E-state index is 5.72. The molecule has 0 aliphatic carbocycles. The van der Waals surface area contributed by atoms with Gasteiger partial charge in [-0.3, -0.25) is 0 Å². The molecule has 16 heavy (non-hydrogen) atoms. The van der Waals surface area contributed by atoms with Crippen LogP contribution >= 0.6 is 23.5 Å². The summed E-state index contributed by atoms with van der Waals surface area (Å²) in [6.07, 6.45) is 1.14. The second kappa shape index (κ2) is 5.42. The third-order valence-corrected chi connectivity index (χ3v) is 5.80. The van der Waals surface area contributed by atoms with Crippen LogP contribution in [0.3, 0.4) is 0 Å². The predicted octanol–water partition coefficient (Wildman–Crippen LogP) is 2.39. The highest BCUT2D eigenvalue weighted by Crippen LogP contribution is 2.42. The van der Waals surface area contributed by atoms with E-state index in [4.69, 9.17) is 10.3 Å². The summed E-state index contributed by atoms with van der Waals surface area (Å²) in [4.78, 5) is 4.39. The summed E-state index contributed by atoms with van der Waals surface area (Å²) in [5, 5.41) is 5.01. The minimum absolute atomic E-state index is 0.178. The minimum Gasteiger partial charge on any atom is -0.338 e. The van der Waals surface area contributed by atoms with Gasteiger partial charge in [-0.1, -0.05) is 12.1 Å². The lowest BCUT2D eigenvalue weighted by Crippen LogP contribution is -2.19. The Balaban J connectivity index is 2.14. The fraction of sp³-hybridized carbons (Fsp3) is 0.800. The second-order valence-corrected chi connectivity index (χ2v) is 6.48. The topological polar surface area (TPSA) is 64.9 Å². The number of nitrogens with two attached hydrogens (primary N) is 1. The third kappa shape index (κ3) is 2.55. The van der Waals surface area contributed by atoms with Crippen LogP contribution in [0.2, 0.25) is 0 Å². The van der Waals surface area contributed by atoms with Gasteiger partial charge in [0.1, 0.15) is 0 Å². The molecule has 0 radical (unpaired) electrons. The molecule has 0 amide bonds. The zero-order chi connectivity index (χ0) is 11.5. The summed E-state index contributed by atoms with van der Waals surface area (Å²) < 4.78 is 5.16. The lowest BCUT2D eigenvalue weighted by Gasteiger charge is -2.27. The van der Waals surface area contributed by atoms with Crippen molar-refractivity contribution in [2.75, 3.05) is 11.5 Å². The number of nitrogens with zero attached hydrogens (tertiary/aromatic N) is 2. The number of aromatic nitrogens is 2. The monoisotopic (exact) mass is 259 g/mol. The fourth-order valence-electron chi connectivity index (χ4n) is 1.69. The summed E-state index contributed by atoms with van der Waals surface area (Å²) in [6, 6.07) is -0.178. The molecule has 0 saturated carbocycles. The van der Waals surface area contributed by atoms with Crippen LogP contribution in [-0.4, -0.2) is 26.9 Å². The average molecular weight is 259 g/mol. The predicted molar refractivity (Wildman–Crippen MR) is 68.6 cm³/mol. The van der Waals surface area contributed by atoms with E-state index in [2.05, 4.69) is 17.1 Å². The summed E-state index contributed by atoms with van der Waals surface area (Å²) in [6.45, 7) is 4.07. The first-order chi connectivity index (χ1) is 7.72. The van der Waals surface area contributed by atoms with Gasteiger partial charge in [0.05, 0.1) is 11.3 Å². The van der Waals surface area contributed by atoms with Crippen molar-refractivity contribution in [3.05, 3.63) is 11.7 Å². The van der Waals surface area contributed by atoms with E-state index in [0.717, 1.165) is 18.0 Å². The van der Waals surface area contributed by atoms with Crippen molar-refractivity contribution in [3.8, 4) is 0 Å². The normalized spacial score (nSPS) is 27.9. The Morgan fingerprint density at radius 1 is 1.50 bits per heavy atom. The molecule has 4 nitrogen and oxygen atoms in total. The highest BCUT2D eigenvalue weighted by atomic mass is 32.2. The molecule has 1 aliphatic rings. The SMILES string of the molecule is CCC1SCCSC1c1noc(C(C)N)n1. The molecule has 2 heterocycles. The van der Waals surface area contributed by atoms with Gasteiger partial charge in [0, 0.05) is 16.8 Å². The quantitative estimate of drug-likeness (QED) is 0.899. The average Bonchev–Trinajstić information content (AvgIpc) is 2.78. The van der Waals surface area contributed by atoms with Crippen LogP contribution in [0.1, 0.15) is 43.3 Å². The molecule has 0 spiro atoms. The van der Waals surface area contributed by atoms with Crippen molar-refractivity contribution in [1.29, 1.82) is 0 Å². The standard InChI is InChI=1S/C10H17N3OS2/c1-3-7-8(16-5-4-15-7)9-12-10(6(2)11)14-13-9/h6-8H,3-5,11H2,1-2H3. The Labute approximate surface area is 104 Å². The Morgan fingerprint density at radius 2 is 2.25 bits per heavy atom. The Bertz CT molecular complexity index is 343. The second-order valence-electron chi connectivity index (χ2n) is 3.89. The highest BCUT2D eigenvalue weighted by molar-refractivity contribution is 8.06. The van der Waals surface area contributed by atoms with Crippen molar-refractivity contribution in [1.82, 2.24) is 10.1 Å². The summed E-state index contributed by atoms with van der Waals surface area (Å²) in [5.41, 5.74) is 5.72. The van der Waals surface area contributed by atoms with E-state index in [1.807, 2.05) is 30.4 Å². The van der Waals surface area contributed by atoms with E-state index in [-0.39, 0.29) is 6.04 Å². The molecule has 1 aromatic rings. The highest BCUT2D eigenvalue weighted by Gasteiger charge is 2.30. The van der Waals surface area contributed by atoms with E-state index < -0.39 is 0 Å². The lowest BCUT2D eigenvalue weighted by molar-refractivity contribution is 0.356. The zero-order valence-electron chi connectivity index (χ0n) is 9.55. The largest absolute Gasteiger partial charge is 0.338 e. The Morgan fingerprint density at radius 3 is 2.88 bits per heavy atom. The van der Waals surface area contributed by atoms with Crippen LogP contribution < -0.4 is 5.73 Å². The van der Waals surface area contributed by atoms with Crippen LogP contribution in [0.4, 0.5) is 0 Å². The van der Waals surface area contributed by atoms with Gasteiger partial charge in [-0.2, -0.15) is 16.7 Å². The van der Waals surface area contributed by atoms with E-state index in [9.17, 15) is 0 Å². The molecule has 1 aromatic heterocycles. The number of rotatable bonds is 3. The molecule has 6 heteroatoms. The Kier molecular flexibility index (Phi) is 4.16. The van der Waals surface area contributed by atoms with Crippen LogP contribution in [0, 0.1) is 0 Å². The van der Waals surface area contributed by atoms with Gasteiger partial charge >= 0.3 is 0 Å². The molecule has 1 saturated heterocycles. The molecule has 3 unspecified atom stereocenters. The molecule has 2 N–H and O–H groups in total. The van der Waals surface area contributed by atoms with Gasteiger partial charge < -0.3 is 10.3 Å². The van der Waals surface area contributed by atoms with Crippen LogP contribution in [0.25, 0.3) is 0 Å². The minimum atomic E-state index is -0.178. The molecule has 1 aliphatic heterocycles.